The van der Waals surface area contributed by atoms with E-state index in [0.29, 0.717) is 12.1 Å². The predicted molar refractivity (Wildman–Crippen MR) is 83.0 cm³/mol. The smallest absolute Gasteiger partial charge is 0.251 e. The molecule has 112 valence electrons. The minimum atomic E-state index is -0.0303. The van der Waals surface area contributed by atoms with Crippen LogP contribution in [-0.2, 0) is 0 Å². The minimum absolute atomic E-state index is 0.00412. The maximum Gasteiger partial charge on any atom is 0.251 e. The highest BCUT2D eigenvalue weighted by Gasteiger charge is 2.26. The molecular weight excluding hydrogens is 250 g/mol. The zero-order valence-corrected chi connectivity index (χ0v) is 13.1. The SMILES string of the molecule is CCC(CC)(CCO)CNC(=O)c1ccc(C)c(C)c1. The molecule has 0 radical (unpaired) electrons. The first-order valence-corrected chi connectivity index (χ1v) is 7.44. The summed E-state index contributed by atoms with van der Waals surface area (Å²) in [5.41, 5.74) is 3.03. The van der Waals surface area contributed by atoms with E-state index in [0.717, 1.165) is 24.8 Å². The van der Waals surface area contributed by atoms with E-state index in [9.17, 15) is 9.90 Å². The van der Waals surface area contributed by atoms with E-state index in [4.69, 9.17) is 0 Å². The van der Waals surface area contributed by atoms with E-state index < -0.39 is 0 Å². The molecule has 0 atom stereocenters. The number of carbonyl (C=O) groups excluding carboxylic acids is 1. The number of hydrogen-bond acceptors (Lipinski definition) is 2. The van der Waals surface area contributed by atoms with Gasteiger partial charge in [-0.1, -0.05) is 19.9 Å². The molecule has 0 spiro atoms. The standard InChI is InChI=1S/C17H27NO2/c1-5-17(6-2,9-10-19)12-18-16(20)15-8-7-13(3)14(4)11-15/h7-8,11,19H,5-6,9-10,12H2,1-4H3,(H,18,20). The molecule has 3 nitrogen and oxygen atoms in total. The molecule has 0 aliphatic carbocycles. The van der Waals surface area contributed by atoms with Gasteiger partial charge in [0, 0.05) is 18.7 Å². The molecule has 0 heterocycles. The molecule has 0 fully saturated rings. The first-order valence-electron chi connectivity index (χ1n) is 7.44. The zero-order chi connectivity index (χ0) is 15.2. The van der Waals surface area contributed by atoms with E-state index in [1.807, 2.05) is 32.0 Å². The lowest BCUT2D eigenvalue weighted by atomic mass is 9.79. The van der Waals surface area contributed by atoms with Crippen LogP contribution >= 0.6 is 0 Å². The molecule has 20 heavy (non-hydrogen) atoms. The number of amides is 1. The van der Waals surface area contributed by atoms with Gasteiger partial charge in [-0.25, -0.2) is 0 Å². The van der Waals surface area contributed by atoms with Gasteiger partial charge in [0.15, 0.2) is 0 Å². The van der Waals surface area contributed by atoms with Gasteiger partial charge in [0.1, 0.15) is 0 Å². The van der Waals surface area contributed by atoms with Crippen LogP contribution in [0.3, 0.4) is 0 Å². The average molecular weight is 277 g/mol. The molecule has 1 aromatic carbocycles. The van der Waals surface area contributed by atoms with Crippen molar-refractivity contribution in [1.29, 1.82) is 0 Å². The van der Waals surface area contributed by atoms with E-state index in [1.54, 1.807) is 0 Å². The summed E-state index contributed by atoms with van der Waals surface area (Å²) in [5.74, 6) is -0.0303. The number of carbonyl (C=O) groups is 1. The van der Waals surface area contributed by atoms with Gasteiger partial charge in [-0.2, -0.15) is 0 Å². The van der Waals surface area contributed by atoms with Crippen molar-refractivity contribution in [3.05, 3.63) is 34.9 Å². The van der Waals surface area contributed by atoms with Crippen molar-refractivity contribution in [2.45, 2.75) is 47.0 Å². The van der Waals surface area contributed by atoms with Gasteiger partial charge in [-0.15, -0.1) is 0 Å². The molecular formula is C17H27NO2. The highest BCUT2D eigenvalue weighted by atomic mass is 16.3. The number of hydrogen-bond donors (Lipinski definition) is 2. The molecule has 1 aromatic rings. The molecule has 0 saturated carbocycles. The highest BCUT2D eigenvalue weighted by Crippen LogP contribution is 2.29. The third-order valence-electron chi connectivity index (χ3n) is 4.54. The Morgan fingerprint density at radius 2 is 1.85 bits per heavy atom. The van der Waals surface area contributed by atoms with E-state index >= 15 is 0 Å². The molecule has 3 heteroatoms. The summed E-state index contributed by atoms with van der Waals surface area (Å²) in [4.78, 5) is 12.2. The lowest BCUT2D eigenvalue weighted by Gasteiger charge is -2.31. The van der Waals surface area contributed by atoms with Crippen LogP contribution in [0, 0.1) is 19.3 Å². The van der Waals surface area contributed by atoms with Gasteiger partial charge in [-0.3, -0.25) is 4.79 Å². The molecule has 1 rings (SSSR count). The van der Waals surface area contributed by atoms with Crippen LogP contribution < -0.4 is 5.32 Å². The van der Waals surface area contributed by atoms with Crippen molar-refractivity contribution < 1.29 is 9.90 Å². The third-order valence-corrected chi connectivity index (χ3v) is 4.54. The van der Waals surface area contributed by atoms with Crippen LogP contribution in [0.25, 0.3) is 0 Å². The van der Waals surface area contributed by atoms with E-state index in [2.05, 4.69) is 19.2 Å². The van der Waals surface area contributed by atoms with Crippen molar-refractivity contribution in [3.8, 4) is 0 Å². The van der Waals surface area contributed by atoms with Crippen LogP contribution in [-0.4, -0.2) is 24.2 Å². The lowest BCUT2D eigenvalue weighted by Crippen LogP contribution is -2.37. The summed E-state index contributed by atoms with van der Waals surface area (Å²) < 4.78 is 0. The molecule has 1 amide bonds. The van der Waals surface area contributed by atoms with Gasteiger partial charge in [0.05, 0.1) is 0 Å². The third kappa shape index (κ3) is 4.07. The topological polar surface area (TPSA) is 49.3 Å². The molecule has 0 aliphatic rings. The summed E-state index contributed by atoms with van der Waals surface area (Å²) in [7, 11) is 0. The quantitative estimate of drug-likeness (QED) is 0.804. The van der Waals surface area contributed by atoms with Gasteiger partial charge in [-0.05, 0) is 61.8 Å². The minimum Gasteiger partial charge on any atom is -0.396 e. The highest BCUT2D eigenvalue weighted by molar-refractivity contribution is 5.94. The summed E-state index contributed by atoms with van der Waals surface area (Å²) >= 11 is 0. The number of aryl methyl sites for hydroxylation is 2. The van der Waals surface area contributed by atoms with Crippen molar-refractivity contribution in [2.75, 3.05) is 13.2 Å². The van der Waals surface area contributed by atoms with Crippen molar-refractivity contribution in [1.82, 2.24) is 5.32 Å². The fourth-order valence-corrected chi connectivity index (χ4v) is 2.43. The Hall–Kier alpha value is -1.35. The monoisotopic (exact) mass is 277 g/mol. The predicted octanol–water partition coefficient (Wildman–Crippen LogP) is 3.22. The number of nitrogens with one attached hydrogen (secondary N) is 1. The summed E-state index contributed by atoms with van der Waals surface area (Å²) in [6.45, 7) is 9.06. The van der Waals surface area contributed by atoms with Crippen LogP contribution in [0.4, 0.5) is 0 Å². The van der Waals surface area contributed by atoms with Crippen LogP contribution in [0.2, 0.25) is 0 Å². The molecule has 2 N–H and O–H groups in total. The Kier molecular flexibility index (Phi) is 6.21. The Morgan fingerprint density at radius 1 is 1.20 bits per heavy atom. The van der Waals surface area contributed by atoms with Crippen LogP contribution in [0.5, 0.6) is 0 Å². The van der Waals surface area contributed by atoms with Gasteiger partial charge in [0.2, 0.25) is 0 Å². The van der Waals surface area contributed by atoms with Crippen molar-refractivity contribution in [2.24, 2.45) is 5.41 Å². The lowest BCUT2D eigenvalue weighted by molar-refractivity contribution is 0.0907. The Labute approximate surface area is 122 Å². The van der Waals surface area contributed by atoms with Crippen LogP contribution in [0.1, 0.15) is 54.6 Å². The largest absolute Gasteiger partial charge is 0.396 e. The van der Waals surface area contributed by atoms with Crippen molar-refractivity contribution in [3.63, 3.8) is 0 Å². The fourth-order valence-electron chi connectivity index (χ4n) is 2.43. The second kappa shape index (κ2) is 7.44. The molecule has 0 aliphatic heterocycles. The van der Waals surface area contributed by atoms with Gasteiger partial charge >= 0.3 is 0 Å². The number of rotatable bonds is 7. The van der Waals surface area contributed by atoms with E-state index in [1.165, 1.54) is 5.56 Å². The van der Waals surface area contributed by atoms with Gasteiger partial charge in [0.25, 0.3) is 5.91 Å². The molecule has 0 bridgehead atoms. The summed E-state index contributed by atoms with van der Waals surface area (Å²) in [6, 6.07) is 5.77. The van der Waals surface area contributed by atoms with E-state index in [-0.39, 0.29) is 17.9 Å². The molecule has 0 aromatic heterocycles. The number of aliphatic hydroxyl groups is 1. The van der Waals surface area contributed by atoms with Crippen molar-refractivity contribution >= 4 is 5.91 Å². The first-order chi connectivity index (χ1) is 9.48. The van der Waals surface area contributed by atoms with Crippen LogP contribution in [0.15, 0.2) is 18.2 Å². The molecule has 0 unspecified atom stereocenters. The normalized spacial score (nSPS) is 11.4. The second-order valence-corrected chi connectivity index (χ2v) is 5.66. The Bertz CT molecular complexity index is 450. The Balaban J connectivity index is 2.72. The molecule has 0 saturated heterocycles. The first kappa shape index (κ1) is 16.7. The fraction of sp³-hybridized carbons (Fsp3) is 0.588. The number of benzene rings is 1. The number of aliphatic hydroxyl groups excluding tert-OH is 1. The van der Waals surface area contributed by atoms with Gasteiger partial charge < -0.3 is 10.4 Å². The Morgan fingerprint density at radius 3 is 2.35 bits per heavy atom. The summed E-state index contributed by atoms with van der Waals surface area (Å²) in [6.07, 6.45) is 2.64. The zero-order valence-electron chi connectivity index (χ0n) is 13.1. The second-order valence-electron chi connectivity index (χ2n) is 5.66. The maximum atomic E-state index is 12.2. The maximum absolute atomic E-state index is 12.2. The summed E-state index contributed by atoms with van der Waals surface area (Å²) in [5, 5.41) is 12.2. The average Bonchev–Trinajstić information content (AvgIpc) is 2.46.